The summed E-state index contributed by atoms with van der Waals surface area (Å²) in [5.74, 6) is 0.457. The summed E-state index contributed by atoms with van der Waals surface area (Å²) in [4.78, 5) is -0.104. The topological polar surface area (TPSA) is 84.1 Å². The average molecular weight is 349 g/mol. The van der Waals surface area contributed by atoms with Crippen LogP contribution < -0.4 is 9.46 Å². The van der Waals surface area contributed by atoms with Crippen LogP contribution in [-0.2, 0) is 16.2 Å². The van der Waals surface area contributed by atoms with E-state index in [0.717, 1.165) is 6.20 Å². The Hall–Kier alpha value is -2.23. The van der Waals surface area contributed by atoms with Crippen LogP contribution in [0.15, 0.2) is 23.2 Å². The van der Waals surface area contributed by atoms with Crippen molar-refractivity contribution in [2.45, 2.75) is 24.9 Å². The molecule has 1 aromatic carbocycles. The van der Waals surface area contributed by atoms with Crippen LogP contribution in [0.1, 0.15) is 16.8 Å². The number of alkyl halides is 3. The van der Waals surface area contributed by atoms with Crippen molar-refractivity contribution in [3.05, 3.63) is 35.2 Å². The van der Waals surface area contributed by atoms with Crippen molar-refractivity contribution in [2.75, 3.05) is 11.8 Å². The van der Waals surface area contributed by atoms with E-state index in [2.05, 4.69) is 5.10 Å². The van der Waals surface area contributed by atoms with Gasteiger partial charge in [-0.1, -0.05) is 0 Å². The molecule has 0 radical (unpaired) electrons. The average Bonchev–Trinajstić information content (AvgIpc) is 2.84. The summed E-state index contributed by atoms with van der Waals surface area (Å²) in [5, 5.41) is 4.99. The molecule has 2 aromatic rings. The quantitative estimate of drug-likeness (QED) is 0.889. The molecular weight excluding hydrogens is 335 g/mol. The molecule has 6 nitrogen and oxygen atoms in total. The monoisotopic (exact) mass is 349 g/mol. The standard InChI is InChI=1S/C13H14F3N3O3S/c1-7-4-9(22-3)5-8(2)11(7)23(20,21)19-10-6-17-18-12(10)13(14,15)16/h4-6,19H,1-3H3,(H,17,18). The van der Waals surface area contributed by atoms with Crippen LogP contribution in [0.2, 0.25) is 0 Å². The van der Waals surface area contributed by atoms with E-state index in [-0.39, 0.29) is 4.90 Å². The number of nitrogens with one attached hydrogen (secondary N) is 2. The fourth-order valence-electron chi connectivity index (χ4n) is 2.23. The van der Waals surface area contributed by atoms with Gasteiger partial charge in [-0.15, -0.1) is 0 Å². The molecule has 0 aliphatic rings. The van der Waals surface area contributed by atoms with Crippen molar-refractivity contribution in [3.63, 3.8) is 0 Å². The number of nitrogens with zero attached hydrogens (tertiary/aromatic N) is 1. The third-order valence-corrected chi connectivity index (χ3v) is 4.78. The summed E-state index contributed by atoms with van der Waals surface area (Å²) < 4.78 is 70.3. The molecule has 0 saturated carbocycles. The van der Waals surface area contributed by atoms with Crippen LogP contribution >= 0.6 is 0 Å². The molecule has 1 aromatic heterocycles. The molecule has 126 valence electrons. The van der Waals surface area contributed by atoms with Gasteiger partial charge in [-0.05, 0) is 37.1 Å². The maximum atomic E-state index is 12.8. The Balaban J connectivity index is 2.47. The number of anilines is 1. The van der Waals surface area contributed by atoms with Crippen LogP contribution in [0, 0.1) is 13.8 Å². The maximum absolute atomic E-state index is 12.8. The molecule has 0 unspecified atom stereocenters. The van der Waals surface area contributed by atoms with E-state index in [0.29, 0.717) is 16.9 Å². The number of sulfonamides is 1. The number of aryl methyl sites for hydroxylation is 2. The van der Waals surface area contributed by atoms with Gasteiger partial charge in [0.15, 0.2) is 5.69 Å². The van der Waals surface area contributed by atoms with Crippen LogP contribution in [0.25, 0.3) is 0 Å². The van der Waals surface area contributed by atoms with Crippen molar-refractivity contribution in [1.29, 1.82) is 0 Å². The summed E-state index contributed by atoms with van der Waals surface area (Å²) in [6.07, 6.45) is -3.98. The molecule has 10 heteroatoms. The molecule has 0 amide bonds. The number of aromatic nitrogens is 2. The number of benzene rings is 1. The largest absolute Gasteiger partial charge is 0.497 e. The van der Waals surface area contributed by atoms with Crippen molar-refractivity contribution < 1.29 is 26.3 Å². The van der Waals surface area contributed by atoms with E-state index >= 15 is 0 Å². The van der Waals surface area contributed by atoms with E-state index in [1.54, 1.807) is 5.10 Å². The van der Waals surface area contributed by atoms with Gasteiger partial charge in [0, 0.05) is 0 Å². The van der Waals surface area contributed by atoms with Gasteiger partial charge in [0.1, 0.15) is 5.75 Å². The summed E-state index contributed by atoms with van der Waals surface area (Å²) in [5.41, 5.74) is -1.21. The first-order valence-corrected chi connectivity index (χ1v) is 7.83. The van der Waals surface area contributed by atoms with Crippen LogP contribution in [0.3, 0.4) is 0 Å². The predicted molar refractivity (Wildman–Crippen MR) is 76.9 cm³/mol. The Labute approximate surface area is 130 Å². The first-order chi connectivity index (χ1) is 10.6. The molecule has 0 spiro atoms. The Morgan fingerprint density at radius 3 is 2.26 bits per heavy atom. The first-order valence-electron chi connectivity index (χ1n) is 6.35. The van der Waals surface area contributed by atoms with Gasteiger partial charge in [-0.25, -0.2) is 8.42 Å². The van der Waals surface area contributed by atoms with E-state index in [9.17, 15) is 21.6 Å². The van der Waals surface area contributed by atoms with Gasteiger partial charge in [0.05, 0.1) is 23.9 Å². The predicted octanol–water partition coefficient (Wildman–Crippen LogP) is 2.85. The zero-order valence-corrected chi connectivity index (χ0v) is 13.3. The van der Waals surface area contributed by atoms with Crippen LogP contribution in [-0.4, -0.2) is 25.7 Å². The number of hydrogen-bond donors (Lipinski definition) is 2. The number of rotatable bonds is 4. The van der Waals surface area contributed by atoms with Crippen LogP contribution in [0.4, 0.5) is 18.9 Å². The second-order valence-electron chi connectivity index (χ2n) is 4.85. The van der Waals surface area contributed by atoms with Gasteiger partial charge < -0.3 is 4.74 Å². The summed E-state index contributed by atoms with van der Waals surface area (Å²) in [6, 6.07) is 2.98. The Kier molecular flexibility index (Phi) is 4.29. The molecular formula is C13H14F3N3O3S. The number of ether oxygens (including phenoxy) is 1. The highest BCUT2D eigenvalue weighted by atomic mass is 32.2. The third-order valence-electron chi connectivity index (χ3n) is 3.11. The van der Waals surface area contributed by atoms with E-state index < -0.39 is 27.6 Å². The van der Waals surface area contributed by atoms with Crippen molar-refractivity contribution in [2.24, 2.45) is 0 Å². The highest BCUT2D eigenvalue weighted by Crippen LogP contribution is 2.34. The lowest BCUT2D eigenvalue weighted by molar-refractivity contribution is -0.140. The van der Waals surface area contributed by atoms with Gasteiger partial charge >= 0.3 is 6.18 Å². The fourth-order valence-corrected chi connectivity index (χ4v) is 3.74. The normalized spacial score (nSPS) is 12.3. The second kappa shape index (κ2) is 5.76. The highest BCUT2D eigenvalue weighted by Gasteiger charge is 2.37. The van der Waals surface area contributed by atoms with E-state index in [1.165, 1.54) is 33.1 Å². The third kappa shape index (κ3) is 3.41. The molecule has 0 saturated heterocycles. The van der Waals surface area contributed by atoms with E-state index in [1.807, 2.05) is 4.72 Å². The van der Waals surface area contributed by atoms with Crippen molar-refractivity contribution >= 4 is 15.7 Å². The Bertz CT molecular complexity index is 805. The number of methoxy groups -OCH3 is 1. The molecule has 0 atom stereocenters. The SMILES string of the molecule is COc1cc(C)c(S(=O)(=O)Nc2cn[nH]c2C(F)(F)F)c(C)c1. The zero-order valence-electron chi connectivity index (χ0n) is 12.4. The lowest BCUT2D eigenvalue weighted by Crippen LogP contribution is -2.18. The van der Waals surface area contributed by atoms with Crippen molar-refractivity contribution in [1.82, 2.24) is 10.2 Å². The van der Waals surface area contributed by atoms with Gasteiger partial charge in [0.2, 0.25) is 0 Å². The second-order valence-corrected chi connectivity index (χ2v) is 6.47. The summed E-state index contributed by atoms with van der Waals surface area (Å²) >= 11 is 0. The highest BCUT2D eigenvalue weighted by molar-refractivity contribution is 7.92. The Morgan fingerprint density at radius 1 is 1.22 bits per heavy atom. The Morgan fingerprint density at radius 2 is 1.78 bits per heavy atom. The lowest BCUT2D eigenvalue weighted by Gasteiger charge is -2.14. The van der Waals surface area contributed by atoms with Crippen molar-refractivity contribution in [3.8, 4) is 5.75 Å². The van der Waals surface area contributed by atoms with Gasteiger partial charge in [0.25, 0.3) is 10.0 Å². The first kappa shape index (κ1) is 17.1. The summed E-state index contributed by atoms with van der Waals surface area (Å²) in [6.45, 7) is 3.06. The van der Waals surface area contributed by atoms with Crippen LogP contribution in [0.5, 0.6) is 5.75 Å². The molecule has 0 fully saturated rings. The molecule has 23 heavy (non-hydrogen) atoms. The lowest BCUT2D eigenvalue weighted by atomic mass is 10.1. The van der Waals surface area contributed by atoms with E-state index in [4.69, 9.17) is 4.74 Å². The molecule has 0 bridgehead atoms. The molecule has 2 N–H and O–H groups in total. The zero-order chi connectivity index (χ0) is 17.4. The number of H-pyrrole nitrogens is 1. The van der Waals surface area contributed by atoms with Gasteiger partial charge in [-0.3, -0.25) is 9.82 Å². The maximum Gasteiger partial charge on any atom is 0.434 e. The molecule has 2 rings (SSSR count). The minimum atomic E-state index is -4.75. The molecule has 0 aliphatic carbocycles. The van der Waals surface area contributed by atoms with Gasteiger partial charge in [-0.2, -0.15) is 18.3 Å². The summed E-state index contributed by atoms with van der Waals surface area (Å²) in [7, 11) is -2.79. The fraction of sp³-hybridized carbons (Fsp3) is 0.308. The smallest absolute Gasteiger partial charge is 0.434 e. The molecule has 1 heterocycles. The molecule has 0 aliphatic heterocycles. The number of halogens is 3. The number of aromatic amines is 1. The minimum Gasteiger partial charge on any atom is -0.497 e. The minimum absolute atomic E-state index is 0.104. The number of hydrogen-bond acceptors (Lipinski definition) is 4.